The summed E-state index contributed by atoms with van der Waals surface area (Å²) in [5, 5.41) is 0. The van der Waals surface area contributed by atoms with Crippen LogP contribution in [0.2, 0.25) is 0 Å². The third-order valence-electron chi connectivity index (χ3n) is 4.55. The molecule has 26 heavy (non-hydrogen) atoms. The smallest absolute Gasteiger partial charge is 0.262 e. The number of hydrogen-bond acceptors (Lipinski definition) is 4. The van der Waals surface area contributed by atoms with Gasteiger partial charge in [0.1, 0.15) is 0 Å². The molecule has 1 aliphatic rings. The quantitative estimate of drug-likeness (QED) is 0.727. The van der Waals surface area contributed by atoms with E-state index in [1.54, 1.807) is 27.1 Å². The van der Waals surface area contributed by atoms with Gasteiger partial charge in [-0.3, -0.25) is 9.59 Å². The molecule has 142 valence electrons. The van der Waals surface area contributed by atoms with Crippen molar-refractivity contribution in [2.45, 2.75) is 46.1 Å². The van der Waals surface area contributed by atoms with Crippen LogP contribution in [0.1, 0.15) is 45.6 Å². The van der Waals surface area contributed by atoms with E-state index in [9.17, 15) is 9.59 Å². The lowest BCUT2D eigenvalue weighted by atomic mass is 9.84. The average Bonchev–Trinajstić information content (AvgIpc) is 2.60. The average molecular weight is 359 g/mol. The molecule has 0 aromatic heterocycles. The summed E-state index contributed by atoms with van der Waals surface area (Å²) in [6.45, 7) is 6.09. The van der Waals surface area contributed by atoms with Crippen molar-refractivity contribution in [2.24, 2.45) is 5.92 Å². The molecular formula is C21H29NO4. The summed E-state index contributed by atoms with van der Waals surface area (Å²) >= 11 is 0. The van der Waals surface area contributed by atoms with E-state index >= 15 is 0 Å². The number of hydrogen-bond donors (Lipinski definition) is 0. The molecule has 0 N–H and O–H groups in total. The van der Waals surface area contributed by atoms with Gasteiger partial charge in [-0.05, 0) is 62.5 Å². The Morgan fingerprint density at radius 3 is 2.73 bits per heavy atom. The summed E-state index contributed by atoms with van der Waals surface area (Å²) in [4.78, 5) is 25.9. The molecular weight excluding hydrogens is 330 g/mol. The molecule has 1 aromatic rings. The molecule has 0 spiro atoms. The minimum atomic E-state index is -0.603. The zero-order valence-corrected chi connectivity index (χ0v) is 16.4. The molecule has 1 fully saturated rings. The lowest BCUT2D eigenvalue weighted by molar-refractivity contribution is -0.135. The molecule has 1 saturated carbocycles. The van der Waals surface area contributed by atoms with Crippen molar-refractivity contribution in [1.82, 2.24) is 4.90 Å². The number of Topliss-reactive ketones (excluding diaryl/α,β-unsaturated/α-hetero) is 1. The van der Waals surface area contributed by atoms with E-state index in [0.717, 1.165) is 30.4 Å². The maximum absolute atomic E-state index is 12.3. The highest BCUT2D eigenvalue weighted by molar-refractivity contribution is 6.01. The minimum Gasteiger partial charge on any atom is -0.490 e. The fourth-order valence-electron chi connectivity index (χ4n) is 3.10. The molecule has 1 amide bonds. The summed E-state index contributed by atoms with van der Waals surface area (Å²) in [6.07, 6.45) is 4.17. The Bertz CT molecular complexity index is 693. The number of rotatable bonds is 6. The zero-order chi connectivity index (χ0) is 19.3. The van der Waals surface area contributed by atoms with Crippen LogP contribution < -0.4 is 9.47 Å². The molecule has 0 aliphatic heterocycles. The van der Waals surface area contributed by atoms with Gasteiger partial charge >= 0.3 is 0 Å². The maximum atomic E-state index is 12.3. The maximum Gasteiger partial charge on any atom is 0.262 e. The summed E-state index contributed by atoms with van der Waals surface area (Å²) in [7, 11) is 3.40. The Morgan fingerprint density at radius 1 is 1.35 bits per heavy atom. The number of carbonyl (C=O) groups is 2. The number of nitrogens with zero attached hydrogens (tertiary/aromatic N) is 1. The molecule has 0 unspecified atom stereocenters. The minimum absolute atomic E-state index is 0.0989. The third-order valence-corrected chi connectivity index (χ3v) is 4.55. The van der Waals surface area contributed by atoms with Crippen LogP contribution in [0.3, 0.4) is 0 Å². The Hall–Kier alpha value is -2.30. The molecule has 2 rings (SSSR count). The fraction of sp³-hybridized carbons (Fsp3) is 0.524. The summed E-state index contributed by atoms with van der Waals surface area (Å²) in [5.41, 5.74) is 1.78. The first-order chi connectivity index (χ1) is 12.3. The highest BCUT2D eigenvalue weighted by Crippen LogP contribution is 2.32. The van der Waals surface area contributed by atoms with Crippen LogP contribution in [0.4, 0.5) is 0 Å². The van der Waals surface area contributed by atoms with Crippen LogP contribution in [0.25, 0.3) is 6.08 Å². The first-order valence-corrected chi connectivity index (χ1v) is 9.23. The Balaban J connectivity index is 2.25. The van der Waals surface area contributed by atoms with Crippen molar-refractivity contribution in [2.75, 3.05) is 20.7 Å². The van der Waals surface area contributed by atoms with Gasteiger partial charge in [-0.25, -0.2) is 0 Å². The number of likely N-dealkylation sites (N-methyl/N-ethyl adjacent to an activating group) is 1. The van der Waals surface area contributed by atoms with Gasteiger partial charge in [0, 0.05) is 20.0 Å². The Labute approximate surface area is 156 Å². The van der Waals surface area contributed by atoms with Crippen molar-refractivity contribution < 1.29 is 19.1 Å². The fourth-order valence-corrected chi connectivity index (χ4v) is 3.10. The number of ether oxygens (including phenoxy) is 2. The normalized spacial score (nSPS) is 20.0. The second-order valence-electron chi connectivity index (χ2n) is 6.96. The van der Waals surface area contributed by atoms with Gasteiger partial charge < -0.3 is 14.4 Å². The molecule has 2 atom stereocenters. The predicted octanol–water partition coefficient (Wildman–Crippen LogP) is 3.71. The van der Waals surface area contributed by atoms with Crippen molar-refractivity contribution in [3.63, 3.8) is 0 Å². The van der Waals surface area contributed by atoms with Gasteiger partial charge in [0.05, 0.1) is 6.61 Å². The second-order valence-corrected chi connectivity index (χ2v) is 6.96. The number of ketones is 1. The topological polar surface area (TPSA) is 55.8 Å². The van der Waals surface area contributed by atoms with Gasteiger partial charge in [0.25, 0.3) is 5.91 Å². The van der Waals surface area contributed by atoms with Crippen molar-refractivity contribution in [3.8, 4) is 11.5 Å². The zero-order valence-electron chi connectivity index (χ0n) is 16.4. The first-order valence-electron chi connectivity index (χ1n) is 9.23. The van der Waals surface area contributed by atoms with Gasteiger partial charge in [0.15, 0.2) is 23.4 Å². The van der Waals surface area contributed by atoms with Crippen LogP contribution in [0.5, 0.6) is 11.5 Å². The molecule has 1 aromatic carbocycles. The second kappa shape index (κ2) is 8.88. The van der Waals surface area contributed by atoms with E-state index in [0.29, 0.717) is 18.1 Å². The van der Waals surface area contributed by atoms with Crippen LogP contribution >= 0.6 is 0 Å². The monoisotopic (exact) mass is 359 g/mol. The van der Waals surface area contributed by atoms with Gasteiger partial charge in [-0.1, -0.05) is 13.0 Å². The highest BCUT2D eigenvalue weighted by atomic mass is 16.5. The van der Waals surface area contributed by atoms with Gasteiger partial charge in [-0.15, -0.1) is 0 Å². The van der Waals surface area contributed by atoms with Crippen molar-refractivity contribution in [3.05, 3.63) is 29.3 Å². The van der Waals surface area contributed by atoms with Crippen LogP contribution in [-0.4, -0.2) is 43.4 Å². The van der Waals surface area contributed by atoms with E-state index < -0.39 is 6.10 Å². The predicted molar refractivity (Wildman–Crippen MR) is 102 cm³/mol. The summed E-state index contributed by atoms with van der Waals surface area (Å²) in [6, 6.07) is 5.56. The van der Waals surface area contributed by atoms with E-state index in [4.69, 9.17) is 9.47 Å². The van der Waals surface area contributed by atoms with Crippen molar-refractivity contribution in [1.29, 1.82) is 0 Å². The molecule has 5 nitrogen and oxygen atoms in total. The molecule has 0 radical (unpaired) electrons. The van der Waals surface area contributed by atoms with Gasteiger partial charge in [-0.2, -0.15) is 0 Å². The summed E-state index contributed by atoms with van der Waals surface area (Å²) < 4.78 is 11.5. The SMILES string of the molecule is CCOc1cc(/C=C2\CCC[C@@H](C)C2=O)ccc1O[C@@H](C)C(=O)N(C)C. The lowest BCUT2D eigenvalue weighted by Crippen LogP contribution is -2.35. The number of benzene rings is 1. The van der Waals surface area contributed by atoms with Crippen LogP contribution in [-0.2, 0) is 9.59 Å². The molecule has 0 heterocycles. The lowest BCUT2D eigenvalue weighted by Gasteiger charge is -2.21. The van der Waals surface area contributed by atoms with Gasteiger partial charge in [0.2, 0.25) is 0 Å². The largest absolute Gasteiger partial charge is 0.490 e. The number of carbonyl (C=O) groups excluding carboxylic acids is 2. The van der Waals surface area contributed by atoms with Crippen molar-refractivity contribution >= 4 is 17.8 Å². The standard InChI is InChI=1S/C21H29NO4/c1-6-25-19-13-16(12-17-9-7-8-14(2)20(17)23)10-11-18(19)26-15(3)21(24)22(4)5/h10-15H,6-9H2,1-5H3/b17-12+/t14-,15+/m1/s1. The van der Waals surface area contributed by atoms with E-state index in [-0.39, 0.29) is 17.6 Å². The molecule has 0 saturated heterocycles. The molecule has 5 heteroatoms. The number of amides is 1. The number of allylic oxidation sites excluding steroid dienone is 1. The highest BCUT2D eigenvalue weighted by Gasteiger charge is 2.23. The van der Waals surface area contributed by atoms with E-state index in [1.165, 1.54) is 4.90 Å². The Morgan fingerprint density at radius 2 is 2.08 bits per heavy atom. The first kappa shape index (κ1) is 20.0. The summed E-state index contributed by atoms with van der Waals surface area (Å²) in [5.74, 6) is 1.33. The van der Waals surface area contributed by atoms with E-state index in [2.05, 4.69) is 0 Å². The third kappa shape index (κ3) is 4.87. The van der Waals surface area contributed by atoms with E-state index in [1.807, 2.05) is 32.1 Å². The van der Waals surface area contributed by atoms with Crippen LogP contribution in [0, 0.1) is 5.92 Å². The van der Waals surface area contributed by atoms with Crippen LogP contribution in [0.15, 0.2) is 23.8 Å². The molecule has 1 aliphatic carbocycles. The Kier molecular flexibility index (Phi) is 6.83. The molecule has 0 bridgehead atoms.